The Morgan fingerprint density at radius 1 is 1.00 bits per heavy atom. The van der Waals surface area contributed by atoms with E-state index in [0.717, 1.165) is 15.6 Å². The van der Waals surface area contributed by atoms with E-state index < -0.39 is 10.0 Å². The minimum absolute atomic E-state index is 0.283. The highest BCUT2D eigenvalue weighted by Crippen LogP contribution is 2.19. The quantitative estimate of drug-likeness (QED) is 0.908. The van der Waals surface area contributed by atoms with E-state index in [1.165, 1.54) is 0 Å². The van der Waals surface area contributed by atoms with Crippen molar-refractivity contribution in [2.75, 3.05) is 0 Å². The van der Waals surface area contributed by atoms with Gasteiger partial charge in [-0.3, -0.25) is 0 Å². The lowest BCUT2D eigenvalue weighted by Crippen LogP contribution is -2.26. The SMILES string of the molecule is Cc1ccc(S(=O)(=O)N[C@H](C)c2ccc(Br)cc2)cc1. The predicted molar refractivity (Wildman–Crippen MR) is 84.1 cm³/mol. The average Bonchev–Trinajstić information content (AvgIpc) is 2.39. The molecule has 2 aromatic carbocycles. The lowest BCUT2D eigenvalue weighted by atomic mass is 10.1. The second-order valence-electron chi connectivity index (χ2n) is 4.71. The molecule has 0 saturated carbocycles. The maximum absolute atomic E-state index is 12.3. The van der Waals surface area contributed by atoms with Crippen molar-refractivity contribution in [1.29, 1.82) is 0 Å². The van der Waals surface area contributed by atoms with Crippen LogP contribution < -0.4 is 4.72 Å². The Hall–Kier alpha value is -1.17. The highest BCUT2D eigenvalue weighted by atomic mass is 79.9. The van der Waals surface area contributed by atoms with Crippen molar-refractivity contribution in [3.63, 3.8) is 0 Å². The summed E-state index contributed by atoms with van der Waals surface area (Å²) in [6, 6.07) is 14.1. The van der Waals surface area contributed by atoms with Gasteiger partial charge in [0.2, 0.25) is 10.0 Å². The number of rotatable bonds is 4. The van der Waals surface area contributed by atoms with E-state index in [4.69, 9.17) is 0 Å². The Kier molecular flexibility index (Phi) is 4.62. The van der Waals surface area contributed by atoms with Crippen LogP contribution in [0.3, 0.4) is 0 Å². The molecule has 0 radical (unpaired) electrons. The summed E-state index contributed by atoms with van der Waals surface area (Å²) < 4.78 is 28.2. The van der Waals surface area contributed by atoms with Crippen LogP contribution in [-0.4, -0.2) is 8.42 Å². The molecule has 0 aromatic heterocycles. The topological polar surface area (TPSA) is 46.2 Å². The van der Waals surface area contributed by atoms with Gasteiger partial charge >= 0.3 is 0 Å². The van der Waals surface area contributed by atoms with E-state index in [1.807, 2.05) is 38.1 Å². The first kappa shape index (κ1) is 15.2. The van der Waals surface area contributed by atoms with Crippen LogP contribution in [0.15, 0.2) is 57.9 Å². The van der Waals surface area contributed by atoms with Crippen LogP contribution in [0, 0.1) is 6.92 Å². The molecule has 0 unspecified atom stereocenters. The molecule has 1 N–H and O–H groups in total. The van der Waals surface area contributed by atoms with E-state index in [0.29, 0.717) is 0 Å². The normalized spacial score (nSPS) is 13.2. The van der Waals surface area contributed by atoms with Gasteiger partial charge in [0, 0.05) is 10.5 Å². The van der Waals surface area contributed by atoms with Gasteiger partial charge in [-0.25, -0.2) is 13.1 Å². The van der Waals surface area contributed by atoms with Crippen molar-refractivity contribution in [2.45, 2.75) is 24.8 Å². The summed E-state index contributed by atoms with van der Waals surface area (Å²) in [6.07, 6.45) is 0. The number of halogens is 1. The van der Waals surface area contributed by atoms with Gasteiger partial charge in [0.05, 0.1) is 4.90 Å². The lowest BCUT2D eigenvalue weighted by Gasteiger charge is -2.15. The summed E-state index contributed by atoms with van der Waals surface area (Å²) in [6.45, 7) is 3.75. The smallest absolute Gasteiger partial charge is 0.207 e. The Morgan fingerprint density at radius 2 is 1.55 bits per heavy atom. The van der Waals surface area contributed by atoms with Gasteiger partial charge in [0.15, 0.2) is 0 Å². The third kappa shape index (κ3) is 3.69. The molecule has 0 aliphatic carbocycles. The largest absolute Gasteiger partial charge is 0.241 e. The molecule has 0 aliphatic rings. The molecule has 0 heterocycles. The van der Waals surface area contributed by atoms with Crippen molar-refractivity contribution in [3.8, 4) is 0 Å². The summed E-state index contributed by atoms with van der Waals surface area (Å²) in [5.41, 5.74) is 1.95. The molecule has 20 heavy (non-hydrogen) atoms. The molecule has 0 amide bonds. The maximum Gasteiger partial charge on any atom is 0.241 e. The van der Waals surface area contributed by atoms with Crippen LogP contribution in [0.1, 0.15) is 24.1 Å². The van der Waals surface area contributed by atoms with Crippen LogP contribution in [0.5, 0.6) is 0 Å². The second-order valence-corrected chi connectivity index (χ2v) is 7.34. The molecule has 106 valence electrons. The molecule has 0 spiro atoms. The molecule has 2 rings (SSSR count). The Balaban J connectivity index is 2.19. The fourth-order valence-corrected chi connectivity index (χ4v) is 3.33. The van der Waals surface area contributed by atoms with E-state index in [2.05, 4.69) is 20.7 Å². The summed E-state index contributed by atoms with van der Waals surface area (Å²) >= 11 is 3.36. The molecule has 0 fully saturated rings. The number of sulfonamides is 1. The highest BCUT2D eigenvalue weighted by molar-refractivity contribution is 9.10. The van der Waals surface area contributed by atoms with Crippen molar-refractivity contribution in [3.05, 3.63) is 64.1 Å². The van der Waals surface area contributed by atoms with E-state index >= 15 is 0 Å². The van der Waals surface area contributed by atoms with Gasteiger partial charge in [-0.15, -0.1) is 0 Å². The van der Waals surface area contributed by atoms with Crippen LogP contribution in [0.25, 0.3) is 0 Å². The van der Waals surface area contributed by atoms with E-state index in [9.17, 15) is 8.42 Å². The van der Waals surface area contributed by atoms with Gasteiger partial charge in [0.1, 0.15) is 0 Å². The van der Waals surface area contributed by atoms with E-state index in [-0.39, 0.29) is 10.9 Å². The molecule has 1 atom stereocenters. The lowest BCUT2D eigenvalue weighted by molar-refractivity contribution is 0.567. The number of aryl methyl sites for hydroxylation is 1. The number of hydrogen-bond acceptors (Lipinski definition) is 2. The first-order valence-corrected chi connectivity index (χ1v) is 8.50. The summed E-state index contributed by atoms with van der Waals surface area (Å²) in [7, 11) is -3.50. The highest BCUT2D eigenvalue weighted by Gasteiger charge is 2.17. The van der Waals surface area contributed by atoms with Crippen molar-refractivity contribution >= 4 is 26.0 Å². The molecule has 2 aromatic rings. The van der Waals surface area contributed by atoms with Crippen LogP contribution in [0.4, 0.5) is 0 Å². The molecular formula is C15H16BrNO2S. The van der Waals surface area contributed by atoms with Gasteiger partial charge < -0.3 is 0 Å². The van der Waals surface area contributed by atoms with Gasteiger partial charge in [-0.1, -0.05) is 45.8 Å². The third-order valence-corrected chi connectivity index (χ3v) is 5.12. The standard InChI is InChI=1S/C15H16BrNO2S/c1-11-3-9-15(10-4-11)20(18,19)17-12(2)13-5-7-14(16)8-6-13/h3-10,12,17H,1-2H3/t12-/m1/s1. The number of nitrogens with one attached hydrogen (secondary N) is 1. The molecular weight excluding hydrogens is 338 g/mol. The zero-order valence-electron chi connectivity index (χ0n) is 11.3. The number of hydrogen-bond donors (Lipinski definition) is 1. The van der Waals surface area contributed by atoms with Gasteiger partial charge in [-0.05, 0) is 43.7 Å². The van der Waals surface area contributed by atoms with Crippen LogP contribution in [-0.2, 0) is 10.0 Å². The summed E-state index contributed by atoms with van der Waals surface area (Å²) in [5, 5.41) is 0. The molecule has 0 saturated heterocycles. The molecule has 5 heteroatoms. The summed E-state index contributed by atoms with van der Waals surface area (Å²) in [4.78, 5) is 0.284. The Bertz CT molecular complexity index is 679. The van der Waals surface area contributed by atoms with E-state index in [1.54, 1.807) is 24.3 Å². The molecule has 0 bridgehead atoms. The van der Waals surface area contributed by atoms with Crippen molar-refractivity contribution in [1.82, 2.24) is 4.72 Å². The first-order chi connectivity index (χ1) is 9.38. The Morgan fingerprint density at radius 3 is 2.10 bits per heavy atom. The first-order valence-electron chi connectivity index (χ1n) is 6.23. The van der Waals surface area contributed by atoms with Crippen molar-refractivity contribution in [2.24, 2.45) is 0 Å². The van der Waals surface area contributed by atoms with Gasteiger partial charge in [0.25, 0.3) is 0 Å². The van der Waals surface area contributed by atoms with Crippen LogP contribution in [0.2, 0.25) is 0 Å². The Labute approximate surface area is 128 Å². The third-order valence-electron chi connectivity index (χ3n) is 3.03. The zero-order valence-corrected chi connectivity index (χ0v) is 13.7. The second kappa shape index (κ2) is 6.08. The minimum atomic E-state index is -3.50. The van der Waals surface area contributed by atoms with Gasteiger partial charge in [-0.2, -0.15) is 0 Å². The zero-order chi connectivity index (χ0) is 14.8. The monoisotopic (exact) mass is 353 g/mol. The number of benzene rings is 2. The fourth-order valence-electron chi connectivity index (χ4n) is 1.84. The molecule has 3 nitrogen and oxygen atoms in total. The summed E-state index contributed by atoms with van der Waals surface area (Å²) in [5.74, 6) is 0. The van der Waals surface area contributed by atoms with Crippen LogP contribution >= 0.6 is 15.9 Å². The van der Waals surface area contributed by atoms with Crippen molar-refractivity contribution < 1.29 is 8.42 Å². The fraction of sp³-hybridized carbons (Fsp3) is 0.200. The molecule has 0 aliphatic heterocycles. The average molecular weight is 354 g/mol. The minimum Gasteiger partial charge on any atom is -0.207 e. The maximum atomic E-state index is 12.3. The predicted octanol–water partition coefficient (Wildman–Crippen LogP) is 3.80.